The zero-order chi connectivity index (χ0) is 22.5. The van der Waals surface area contributed by atoms with Crippen LogP contribution in [-0.4, -0.2) is 28.7 Å². The molecule has 0 fully saturated rings. The van der Waals surface area contributed by atoms with Crippen LogP contribution in [0.3, 0.4) is 0 Å². The molecule has 2 aromatic rings. The number of thiazole rings is 1. The highest BCUT2D eigenvalue weighted by atomic mass is 32.1. The highest BCUT2D eigenvalue weighted by Crippen LogP contribution is 2.26. The maximum absolute atomic E-state index is 12.3. The van der Waals surface area contributed by atoms with Crippen LogP contribution in [0.2, 0.25) is 0 Å². The van der Waals surface area contributed by atoms with Crippen LogP contribution in [0.15, 0.2) is 29.6 Å². The van der Waals surface area contributed by atoms with Gasteiger partial charge in [-0.1, -0.05) is 32.9 Å². The Hall–Kier alpha value is -2.74. The van der Waals surface area contributed by atoms with Gasteiger partial charge < -0.3 is 16.0 Å². The van der Waals surface area contributed by atoms with E-state index in [1.165, 1.54) is 11.3 Å². The van der Waals surface area contributed by atoms with Gasteiger partial charge in [-0.15, -0.1) is 11.3 Å². The van der Waals surface area contributed by atoms with Crippen molar-refractivity contribution in [3.63, 3.8) is 0 Å². The van der Waals surface area contributed by atoms with E-state index in [4.69, 9.17) is 0 Å². The SMILES string of the molecule is CC(C)NC(=O)Cc1ccc(NC(=O)C(=O)NC(C)c2nc(C(C)(C)C)cs2)cc1. The van der Waals surface area contributed by atoms with Crippen molar-refractivity contribution in [3.05, 3.63) is 45.9 Å². The fourth-order valence-corrected chi connectivity index (χ4v) is 3.66. The third-order valence-corrected chi connectivity index (χ3v) is 5.27. The van der Waals surface area contributed by atoms with Crippen molar-refractivity contribution in [2.45, 2.75) is 65.5 Å². The molecule has 7 nitrogen and oxygen atoms in total. The summed E-state index contributed by atoms with van der Waals surface area (Å²) >= 11 is 1.46. The van der Waals surface area contributed by atoms with Gasteiger partial charge in [0.05, 0.1) is 18.2 Å². The van der Waals surface area contributed by atoms with Crippen molar-refractivity contribution in [1.29, 1.82) is 0 Å². The van der Waals surface area contributed by atoms with Gasteiger partial charge in [0.15, 0.2) is 0 Å². The van der Waals surface area contributed by atoms with Gasteiger partial charge in [-0.05, 0) is 38.5 Å². The molecule has 0 spiro atoms. The predicted molar refractivity (Wildman–Crippen MR) is 119 cm³/mol. The van der Waals surface area contributed by atoms with Gasteiger partial charge in [-0.3, -0.25) is 14.4 Å². The fourth-order valence-electron chi connectivity index (χ4n) is 2.61. The Bertz CT molecular complexity index is 898. The lowest BCUT2D eigenvalue weighted by atomic mass is 9.93. The zero-order valence-corrected chi connectivity index (χ0v) is 19.1. The Morgan fingerprint density at radius 1 is 1.00 bits per heavy atom. The number of nitrogens with one attached hydrogen (secondary N) is 3. The summed E-state index contributed by atoms with van der Waals surface area (Å²) in [7, 11) is 0. The van der Waals surface area contributed by atoms with Crippen LogP contribution in [0, 0.1) is 0 Å². The summed E-state index contributed by atoms with van der Waals surface area (Å²) in [5.74, 6) is -1.54. The number of nitrogens with zero attached hydrogens (tertiary/aromatic N) is 1. The van der Waals surface area contributed by atoms with Crippen LogP contribution >= 0.6 is 11.3 Å². The molecule has 0 saturated heterocycles. The number of rotatable bonds is 6. The first-order valence-electron chi connectivity index (χ1n) is 9.91. The van der Waals surface area contributed by atoms with Crippen molar-refractivity contribution >= 4 is 34.7 Å². The number of amides is 3. The van der Waals surface area contributed by atoms with Gasteiger partial charge in [0.2, 0.25) is 5.91 Å². The molecule has 1 aromatic carbocycles. The number of hydrogen-bond acceptors (Lipinski definition) is 5. The Labute approximate surface area is 181 Å². The molecule has 1 heterocycles. The summed E-state index contributed by atoms with van der Waals surface area (Å²) in [6.45, 7) is 11.8. The van der Waals surface area contributed by atoms with Crippen LogP contribution in [-0.2, 0) is 26.2 Å². The van der Waals surface area contributed by atoms with Crippen LogP contribution in [0.4, 0.5) is 5.69 Å². The molecule has 0 aliphatic heterocycles. The van der Waals surface area contributed by atoms with E-state index in [1.54, 1.807) is 31.2 Å². The van der Waals surface area contributed by atoms with Crippen molar-refractivity contribution in [2.75, 3.05) is 5.32 Å². The molecule has 0 saturated carbocycles. The average molecular weight is 431 g/mol. The molecular formula is C22H30N4O3S. The molecule has 1 aromatic heterocycles. The maximum Gasteiger partial charge on any atom is 0.313 e. The Balaban J connectivity index is 1.90. The molecule has 8 heteroatoms. The molecular weight excluding hydrogens is 400 g/mol. The molecule has 0 aliphatic carbocycles. The summed E-state index contributed by atoms with van der Waals surface area (Å²) in [5, 5.41) is 10.8. The van der Waals surface area contributed by atoms with E-state index in [1.807, 2.05) is 19.2 Å². The summed E-state index contributed by atoms with van der Waals surface area (Å²) in [4.78, 5) is 40.9. The van der Waals surface area contributed by atoms with E-state index in [0.717, 1.165) is 16.3 Å². The number of anilines is 1. The third kappa shape index (κ3) is 6.95. The zero-order valence-electron chi connectivity index (χ0n) is 18.3. The Morgan fingerprint density at radius 3 is 2.17 bits per heavy atom. The highest BCUT2D eigenvalue weighted by molar-refractivity contribution is 7.09. The minimum atomic E-state index is -0.750. The first kappa shape index (κ1) is 23.5. The second-order valence-electron chi connectivity index (χ2n) is 8.57. The molecule has 2 rings (SSSR count). The summed E-state index contributed by atoms with van der Waals surface area (Å²) in [5.41, 5.74) is 2.19. The normalized spacial score (nSPS) is 12.4. The Kier molecular flexibility index (Phi) is 7.72. The maximum atomic E-state index is 12.3. The molecule has 1 unspecified atom stereocenters. The van der Waals surface area contributed by atoms with Gasteiger partial charge in [0.1, 0.15) is 5.01 Å². The van der Waals surface area contributed by atoms with Gasteiger partial charge in [-0.25, -0.2) is 4.98 Å². The lowest BCUT2D eigenvalue weighted by Crippen LogP contribution is -2.37. The number of carbonyl (C=O) groups excluding carboxylic acids is 3. The first-order valence-corrected chi connectivity index (χ1v) is 10.8. The summed E-state index contributed by atoms with van der Waals surface area (Å²) < 4.78 is 0. The van der Waals surface area contributed by atoms with E-state index in [-0.39, 0.29) is 29.8 Å². The summed E-state index contributed by atoms with van der Waals surface area (Å²) in [6, 6.07) is 6.55. The minimum Gasteiger partial charge on any atom is -0.354 e. The number of benzene rings is 1. The van der Waals surface area contributed by atoms with Gasteiger partial charge >= 0.3 is 11.8 Å². The fraction of sp³-hybridized carbons (Fsp3) is 0.455. The number of carbonyl (C=O) groups is 3. The number of hydrogen-bond donors (Lipinski definition) is 3. The van der Waals surface area contributed by atoms with Gasteiger partial charge in [0, 0.05) is 22.5 Å². The molecule has 0 bridgehead atoms. The first-order chi connectivity index (χ1) is 14.0. The van der Waals surface area contributed by atoms with Crippen molar-refractivity contribution < 1.29 is 14.4 Å². The predicted octanol–water partition coefficient (Wildman–Crippen LogP) is 3.32. The van der Waals surface area contributed by atoms with Gasteiger partial charge in [-0.2, -0.15) is 0 Å². The molecule has 0 aliphatic rings. The van der Waals surface area contributed by atoms with E-state index >= 15 is 0 Å². The second kappa shape index (κ2) is 9.84. The highest BCUT2D eigenvalue weighted by Gasteiger charge is 2.22. The van der Waals surface area contributed by atoms with Crippen molar-refractivity contribution in [3.8, 4) is 0 Å². The lowest BCUT2D eigenvalue weighted by molar-refractivity contribution is -0.136. The second-order valence-corrected chi connectivity index (χ2v) is 9.46. The van der Waals surface area contributed by atoms with Crippen LogP contribution < -0.4 is 16.0 Å². The van der Waals surface area contributed by atoms with E-state index in [2.05, 4.69) is 41.7 Å². The van der Waals surface area contributed by atoms with Crippen LogP contribution in [0.1, 0.15) is 63.8 Å². The molecule has 162 valence electrons. The van der Waals surface area contributed by atoms with Gasteiger partial charge in [0.25, 0.3) is 0 Å². The molecule has 3 amide bonds. The molecule has 0 radical (unpaired) electrons. The monoisotopic (exact) mass is 430 g/mol. The third-order valence-electron chi connectivity index (χ3n) is 4.24. The van der Waals surface area contributed by atoms with Crippen LogP contribution in [0.5, 0.6) is 0 Å². The minimum absolute atomic E-state index is 0.0630. The summed E-state index contributed by atoms with van der Waals surface area (Å²) in [6.07, 6.45) is 0.259. The Morgan fingerprint density at radius 2 is 1.63 bits per heavy atom. The van der Waals surface area contributed by atoms with E-state index in [9.17, 15) is 14.4 Å². The standard InChI is InChI=1S/C22H30N4O3S/c1-13(2)23-18(27)11-15-7-9-16(10-8-15)25-20(29)19(28)24-14(3)21-26-17(12-30-21)22(4,5)6/h7-10,12-14H,11H2,1-6H3,(H,23,27)(H,24,28)(H,25,29). The van der Waals surface area contributed by atoms with E-state index < -0.39 is 11.8 Å². The van der Waals surface area contributed by atoms with Crippen LogP contribution in [0.25, 0.3) is 0 Å². The largest absolute Gasteiger partial charge is 0.354 e. The lowest BCUT2D eigenvalue weighted by Gasteiger charge is -2.15. The molecule has 3 N–H and O–H groups in total. The van der Waals surface area contributed by atoms with Crippen molar-refractivity contribution in [2.24, 2.45) is 0 Å². The quantitative estimate of drug-likeness (QED) is 0.612. The number of aromatic nitrogens is 1. The smallest absolute Gasteiger partial charge is 0.313 e. The topological polar surface area (TPSA) is 100 Å². The molecule has 1 atom stereocenters. The van der Waals surface area contributed by atoms with E-state index in [0.29, 0.717) is 5.69 Å². The van der Waals surface area contributed by atoms with Crippen molar-refractivity contribution in [1.82, 2.24) is 15.6 Å². The average Bonchev–Trinajstić information content (AvgIpc) is 3.13. The molecule has 30 heavy (non-hydrogen) atoms.